The van der Waals surface area contributed by atoms with Crippen LogP contribution in [0.4, 0.5) is 0 Å². The number of H-pyrrole nitrogens is 1. The normalized spacial score (nSPS) is 10.8. The van der Waals surface area contributed by atoms with E-state index in [-0.39, 0.29) is 11.3 Å². The number of aromatic hydroxyl groups is 1. The molecule has 0 radical (unpaired) electrons. The average Bonchev–Trinajstić information content (AvgIpc) is 2.63. The van der Waals surface area contributed by atoms with Crippen molar-refractivity contribution in [3.8, 4) is 28.4 Å². The maximum atomic E-state index is 12.7. The van der Waals surface area contributed by atoms with Gasteiger partial charge in [0.15, 0.2) is 0 Å². The van der Waals surface area contributed by atoms with Gasteiger partial charge in [-0.15, -0.1) is 0 Å². The monoisotopic (exact) mass is 363 g/mol. The van der Waals surface area contributed by atoms with E-state index in [4.69, 9.17) is 16.3 Å². The fourth-order valence-electron chi connectivity index (χ4n) is 2.88. The number of fused-ring (bicyclic) bond motifs is 1. The van der Waals surface area contributed by atoms with E-state index >= 15 is 0 Å². The minimum Gasteiger partial charge on any atom is -0.506 e. The number of benzene rings is 3. The molecule has 0 aliphatic rings. The lowest BCUT2D eigenvalue weighted by atomic mass is 10.0. The highest BCUT2D eigenvalue weighted by molar-refractivity contribution is 6.31. The Morgan fingerprint density at radius 1 is 0.923 bits per heavy atom. The van der Waals surface area contributed by atoms with Gasteiger partial charge >= 0.3 is 0 Å². The third-order valence-corrected chi connectivity index (χ3v) is 4.31. The highest BCUT2D eigenvalue weighted by atomic mass is 35.5. The van der Waals surface area contributed by atoms with Gasteiger partial charge in [0.2, 0.25) is 0 Å². The SMILES string of the molecule is O=c1[nH]c2cc(Cl)ccc2c(O)c1-c1ccccc1Oc1ccccc1. The highest BCUT2D eigenvalue weighted by Gasteiger charge is 2.18. The molecule has 0 fully saturated rings. The Balaban J connectivity index is 1.91. The zero-order chi connectivity index (χ0) is 18.1. The minimum atomic E-state index is -0.415. The summed E-state index contributed by atoms with van der Waals surface area (Å²) in [7, 11) is 0. The second-order valence-corrected chi connectivity index (χ2v) is 6.22. The number of aromatic amines is 1. The molecule has 5 heteroatoms. The first kappa shape index (κ1) is 16.2. The van der Waals surface area contributed by atoms with Gasteiger partial charge in [-0.3, -0.25) is 4.79 Å². The van der Waals surface area contributed by atoms with Crippen molar-refractivity contribution in [2.45, 2.75) is 0 Å². The summed E-state index contributed by atoms with van der Waals surface area (Å²) in [5.74, 6) is 1.01. The molecule has 1 heterocycles. The van der Waals surface area contributed by atoms with E-state index in [0.717, 1.165) is 0 Å². The predicted molar refractivity (Wildman–Crippen MR) is 103 cm³/mol. The molecule has 128 valence electrons. The Morgan fingerprint density at radius 2 is 1.65 bits per heavy atom. The molecule has 4 nitrogen and oxygen atoms in total. The number of nitrogens with one attached hydrogen (secondary N) is 1. The van der Waals surface area contributed by atoms with Crippen LogP contribution in [0, 0.1) is 0 Å². The molecule has 3 aromatic carbocycles. The summed E-state index contributed by atoms with van der Waals surface area (Å²) in [5.41, 5.74) is 0.727. The standard InChI is InChI=1S/C21H14ClNO3/c22-13-10-11-15-17(12-13)23-21(25)19(20(15)24)16-8-4-5-9-18(16)26-14-6-2-1-3-7-14/h1-12H,(H2,23,24,25). The van der Waals surface area contributed by atoms with Crippen LogP contribution in [0.25, 0.3) is 22.0 Å². The van der Waals surface area contributed by atoms with Gasteiger partial charge in [0.05, 0.1) is 11.1 Å². The van der Waals surface area contributed by atoms with Crippen molar-refractivity contribution in [1.29, 1.82) is 0 Å². The molecule has 4 aromatic rings. The molecule has 1 aromatic heterocycles. The Kier molecular flexibility index (Phi) is 4.11. The molecule has 0 unspecified atom stereocenters. The summed E-state index contributed by atoms with van der Waals surface area (Å²) in [4.78, 5) is 15.4. The second-order valence-electron chi connectivity index (χ2n) is 5.78. The van der Waals surface area contributed by atoms with E-state index in [1.54, 1.807) is 36.4 Å². The molecule has 0 atom stereocenters. The smallest absolute Gasteiger partial charge is 0.260 e. The molecule has 0 saturated heterocycles. The Bertz CT molecular complexity index is 1150. The molecule has 0 saturated carbocycles. The molecule has 4 rings (SSSR count). The lowest BCUT2D eigenvalue weighted by Gasteiger charge is -2.13. The number of para-hydroxylation sites is 2. The molecule has 0 spiro atoms. The third kappa shape index (κ3) is 2.91. The van der Waals surface area contributed by atoms with Gasteiger partial charge in [0.25, 0.3) is 5.56 Å². The van der Waals surface area contributed by atoms with Crippen LogP contribution in [-0.4, -0.2) is 10.1 Å². The van der Waals surface area contributed by atoms with Gasteiger partial charge in [-0.2, -0.15) is 0 Å². The maximum absolute atomic E-state index is 12.7. The quantitative estimate of drug-likeness (QED) is 0.516. The highest BCUT2D eigenvalue weighted by Crippen LogP contribution is 2.38. The van der Waals surface area contributed by atoms with Crippen molar-refractivity contribution in [2.24, 2.45) is 0 Å². The fraction of sp³-hybridized carbons (Fsp3) is 0. The van der Waals surface area contributed by atoms with Crippen LogP contribution in [0.3, 0.4) is 0 Å². The summed E-state index contributed by atoms with van der Waals surface area (Å²) < 4.78 is 5.92. The number of hydrogen-bond acceptors (Lipinski definition) is 3. The molecule has 0 aliphatic heterocycles. The Labute approximate surface area is 154 Å². The molecule has 26 heavy (non-hydrogen) atoms. The first-order valence-corrected chi connectivity index (χ1v) is 8.38. The summed E-state index contributed by atoms with van der Waals surface area (Å²) in [6, 6.07) is 21.3. The van der Waals surface area contributed by atoms with Gasteiger partial charge in [0.1, 0.15) is 17.2 Å². The third-order valence-electron chi connectivity index (χ3n) is 4.08. The molecular formula is C21H14ClNO3. The topological polar surface area (TPSA) is 62.3 Å². The Hall–Kier alpha value is -3.24. The number of pyridine rings is 1. The van der Waals surface area contributed by atoms with Crippen LogP contribution in [0.1, 0.15) is 0 Å². The second kappa shape index (κ2) is 6.58. The van der Waals surface area contributed by atoms with Crippen LogP contribution in [-0.2, 0) is 0 Å². The van der Waals surface area contributed by atoms with Gasteiger partial charge in [-0.25, -0.2) is 0 Å². The van der Waals surface area contributed by atoms with Gasteiger partial charge < -0.3 is 14.8 Å². The van der Waals surface area contributed by atoms with Crippen LogP contribution >= 0.6 is 11.6 Å². The van der Waals surface area contributed by atoms with Crippen molar-refractivity contribution in [3.63, 3.8) is 0 Å². The lowest BCUT2D eigenvalue weighted by Crippen LogP contribution is -2.10. The van der Waals surface area contributed by atoms with Gasteiger partial charge in [0, 0.05) is 16.0 Å². The van der Waals surface area contributed by atoms with E-state index in [9.17, 15) is 9.90 Å². The lowest BCUT2D eigenvalue weighted by molar-refractivity contribution is 0.475. The van der Waals surface area contributed by atoms with Crippen molar-refractivity contribution in [2.75, 3.05) is 0 Å². The van der Waals surface area contributed by atoms with Crippen LogP contribution in [0.5, 0.6) is 17.2 Å². The largest absolute Gasteiger partial charge is 0.506 e. The number of rotatable bonds is 3. The van der Waals surface area contributed by atoms with Gasteiger partial charge in [-0.1, -0.05) is 48.0 Å². The van der Waals surface area contributed by atoms with Crippen LogP contribution in [0.15, 0.2) is 77.6 Å². The molecule has 0 aliphatic carbocycles. The summed E-state index contributed by atoms with van der Waals surface area (Å²) >= 11 is 5.97. The molecule has 0 bridgehead atoms. The predicted octanol–water partition coefficient (Wildman–Crippen LogP) is 5.35. The number of hydrogen-bond donors (Lipinski definition) is 2. The molecular weight excluding hydrogens is 350 g/mol. The van der Waals surface area contributed by atoms with Gasteiger partial charge in [-0.05, 0) is 36.4 Å². The van der Waals surface area contributed by atoms with Crippen molar-refractivity contribution in [3.05, 3.63) is 88.2 Å². The zero-order valence-corrected chi connectivity index (χ0v) is 14.3. The summed E-state index contributed by atoms with van der Waals surface area (Å²) in [6.45, 7) is 0. The molecule has 2 N–H and O–H groups in total. The number of aromatic nitrogens is 1. The van der Waals surface area contributed by atoms with E-state index in [1.165, 1.54) is 0 Å². The molecule has 0 amide bonds. The van der Waals surface area contributed by atoms with Crippen LogP contribution < -0.4 is 10.3 Å². The summed E-state index contributed by atoms with van der Waals surface area (Å²) in [5, 5.41) is 11.7. The maximum Gasteiger partial charge on any atom is 0.260 e. The van der Waals surface area contributed by atoms with E-state index in [2.05, 4.69) is 4.98 Å². The number of halogens is 1. The first-order valence-electron chi connectivity index (χ1n) is 8.00. The van der Waals surface area contributed by atoms with Crippen LogP contribution in [0.2, 0.25) is 5.02 Å². The number of ether oxygens (including phenoxy) is 1. The first-order chi connectivity index (χ1) is 12.6. The van der Waals surface area contributed by atoms with Crippen molar-refractivity contribution >= 4 is 22.5 Å². The fourth-order valence-corrected chi connectivity index (χ4v) is 3.05. The van der Waals surface area contributed by atoms with E-state index < -0.39 is 5.56 Å². The average molecular weight is 364 g/mol. The Morgan fingerprint density at radius 3 is 2.46 bits per heavy atom. The summed E-state index contributed by atoms with van der Waals surface area (Å²) in [6.07, 6.45) is 0. The van der Waals surface area contributed by atoms with E-state index in [1.807, 2.05) is 36.4 Å². The van der Waals surface area contributed by atoms with Crippen molar-refractivity contribution in [1.82, 2.24) is 4.98 Å². The van der Waals surface area contributed by atoms with Crippen molar-refractivity contribution < 1.29 is 9.84 Å². The minimum absolute atomic E-state index is 0.107. The zero-order valence-electron chi connectivity index (χ0n) is 13.6. The van der Waals surface area contributed by atoms with E-state index in [0.29, 0.717) is 33.0 Å².